The van der Waals surface area contributed by atoms with Crippen LogP contribution in [0.5, 0.6) is 5.75 Å². The number of carbonyl (C=O) groups excluding carboxylic acids is 1. The van der Waals surface area contributed by atoms with Crippen molar-refractivity contribution in [2.24, 2.45) is 0 Å². The maximum Gasteiger partial charge on any atom is 0.251 e. The van der Waals surface area contributed by atoms with Crippen molar-refractivity contribution in [2.45, 2.75) is 32.7 Å². The number of unbranched alkanes of at least 4 members (excludes halogenated alkanes) is 1. The molecule has 1 amide bonds. The fraction of sp³-hybridized carbons (Fsp3) is 0.292. The normalized spacial score (nSPS) is 11.2. The lowest BCUT2D eigenvalue weighted by Gasteiger charge is -2.11. The first-order valence-corrected chi connectivity index (χ1v) is 10.8. The number of anilines is 2. The molecule has 0 aliphatic rings. The minimum Gasteiger partial charge on any atom is -0.495 e. The van der Waals surface area contributed by atoms with Crippen LogP contribution in [0.25, 0.3) is 21.9 Å². The highest BCUT2D eigenvalue weighted by Gasteiger charge is 2.16. The van der Waals surface area contributed by atoms with E-state index in [0.29, 0.717) is 29.4 Å². The van der Waals surface area contributed by atoms with E-state index in [1.165, 1.54) is 7.11 Å². The van der Waals surface area contributed by atoms with Crippen molar-refractivity contribution < 1.29 is 9.53 Å². The van der Waals surface area contributed by atoms with Crippen molar-refractivity contribution in [2.75, 3.05) is 25.1 Å². The Bertz CT molecular complexity index is 1280. The van der Waals surface area contributed by atoms with Gasteiger partial charge in [0.15, 0.2) is 5.82 Å². The van der Waals surface area contributed by atoms with E-state index in [4.69, 9.17) is 21.2 Å². The smallest absolute Gasteiger partial charge is 0.251 e. The Hall–Kier alpha value is -3.81. The minimum absolute atomic E-state index is 0.143. The lowest BCUT2D eigenvalue weighted by Crippen LogP contribution is -2.24. The molecule has 8 nitrogen and oxygen atoms in total. The van der Waals surface area contributed by atoms with Crippen molar-refractivity contribution in [1.82, 2.24) is 19.9 Å². The van der Waals surface area contributed by atoms with Crippen LogP contribution in [0.15, 0.2) is 42.5 Å². The molecular weight excluding hydrogens is 404 g/mol. The van der Waals surface area contributed by atoms with Gasteiger partial charge in [0.1, 0.15) is 17.1 Å². The Labute approximate surface area is 186 Å². The lowest BCUT2D eigenvalue weighted by molar-refractivity contribution is 0.0952. The zero-order valence-corrected chi connectivity index (χ0v) is 18.4. The molecule has 0 bridgehead atoms. The lowest BCUT2D eigenvalue weighted by atomic mass is 10.1. The van der Waals surface area contributed by atoms with Gasteiger partial charge in [-0.3, -0.25) is 4.79 Å². The number of aryl methyl sites for hydroxylation is 2. The number of rotatable bonds is 8. The Balaban J connectivity index is 1.44. The van der Waals surface area contributed by atoms with Crippen molar-refractivity contribution in [1.29, 1.82) is 0 Å². The largest absolute Gasteiger partial charge is 0.495 e. The molecule has 2 heterocycles. The Morgan fingerprint density at radius 2 is 1.94 bits per heavy atom. The summed E-state index contributed by atoms with van der Waals surface area (Å²) in [6.07, 6.45) is 2.53. The van der Waals surface area contributed by atoms with Gasteiger partial charge in [0, 0.05) is 30.5 Å². The molecule has 2 aromatic carbocycles. The number of pyridine rings is 1. The highest BCUT2D eigenvalue weighted by Crippen LogP contribution is 2.29. The van der Waals surface area contributed by atoms with Crippen molar-refractivity contribution in [3.8, 4) is 5.75 Å². The predicted molar refractivity (Wildman–Crippen MR) is 128 cm³/mol. The van der Waals surface area contributed by atoms with Gasteiger partial charge < -0.3 is 26.1 Å². The zero-order valence-electron chi connectivity index (χ0n) is 18.4. The first-order valence-electron chi connectivity index (χ1n) is 10.8. The van der Waals surface area contributed by atoms with Gasteiger partial charge in [0.2, 0.25) is 0 Å². The second-order valence-electron chi connectivity index (χ2n) is 7.66. The number of carbonyl (C=O) groups is 1. The van der Waals surface area contributed by atoms with Crippen LogP contribution in [-0.2, 0) is 13.0 Å². The van der Waals surface area contributed by atoms with Crippen LogP contribution in [0.4, 0.5) is 11.5 Å². The molecule has 0 aliphatic heterocycles. The average Bonchev–Trinajstić information content (AvgIpc) is 3.18. The summed E-state index contributed by atoms with van der Waals surface area (Å²) >= 11 is 0. The summed E-state index contributed by atoms with van der Waals surface area (Å²) < 4.78 is 7.43. The van der Waals surface area contributed by atoms with Crippen LogP contribution in [0.3, 0.4) is 0 Å². The van der Waals surface area contributed by atoms with Gasteiger partial charge in [-0.05, 0) is 37.1 Å². The number of ether oxygens (including phenoxy) is 1. The third-order valence-corrected chi connectivity index (χ3v) is 5.60. The molecule has 0 saturated heterocycles. The molecule has 4 aromatic rings. The van der Waals surface area contributed by atoms with E-state index in [0.717, 1.165) is 53.6 Å². The van der Waals surface area contributed by atoms with Crippen LogP contribution < -0.4 is 21.5 Å². The average molecular weight is 433 g/mol. The van der Waals surface area contributed by atoms with Gasteiger partial charge in [0.05, 0.1) is 23.8 Å². The highest BCUT2D eigenvalue weighted by molar-refractivity contribution is 6.06. The van der Waals surface area contributed by atoms with Gasteiger partial charge in [-0.25, -0.2) is 9.97 Å². The Kier molecular flexibility index (Phi) is 6.11. The van der Waals surface area contributed by atoms with E-state index in [2.05, 4.69) is 27.9 Å². The highest BCUT2D eigenvalue weighted by atomic mass is 16.5. The number of aromatic nitrogens is 3. The molecule has 5 N–H and O–H groups in total. The third kappa shape index (κ3) is 4.03. The second kappa shape index (κ2) is 9.13. The summed E-state index contributed by atoms with van der Waals surface area (Å²) in [5.41, 5.74) is 15.7. The zero-order chi connectivity index (χ0) is 22.7. The van der Waals surface area contributed by atoms with Crippen LogP contribution in [0.2, 0.25) is 0 Å². The van der Waals surface area contributed by atoms with Crippen LogP contribution >= 0.6 is 0 Å². The molecule has 8 heteroatoms. The maximum atomic E-state index is 12.4. The number of hydrogen-bond donors (Lipinski definition) is 3. The molecule has 0 fully saturated rings. The second-order valence-corrected chi connectivity index (χ2v) is 7.66. The van der Waals surface area contributed by atoms with Gasteiger partial charge in [-0.2, -0.15) is 0 Å². The first-order chi connectivity index (χ1) is 15.5. The minimum atomic E-state index is -0.143. The summed E-state index contributed by atoms with van der Waals surface area (Å²) in [6, 6.07) is 13.0. The standard InChI is InChI=1S/C24H28N6O2/c1-3-20-29-21-22(16-8-4-5-9-18(16)28-23(21)26)30(20)13-7-6-12-27-24(31)15-10-11-17(25)19(14-15)32-2/h4-5,8-11,14H,3,6-7,12-13,25H2,1-2H3,(H2,26,28)(H,27,31). The first kappa shape index (κ1) is 21.4. The number of nitrogens with one attached hydrogen (secondary N) is 1. The van der Waals surface area contributed by atoms with E-state index >= 15 is 0 Å². The number of benzene rings is 2. The topological polar surface area (TPSA) is 121 Å². The van der Waals surface area contributed by atoms with Crippen LogP contribution in [-0.4, -0.2) is 34.1 Å². The quantitative estimate of drug-likeness (QED) is 0.289. The van der Waals surface area contributed by atoms with Gasteiger partial charge in [-0.1, -0.05) is 25.1 Å². The Morgan fingerprint density at radius 3 is 2.72 bits per heavy atom. The van der Waals surface area contributed by atoms with Crippen LogP contribution in [0, 0.1) is 0 Å². The van der Waals surface area contributed by atoms with Gasteiger partial charge in [0.25, 0.3) is 5.91 Å². The number of amides is 1. The molecule has 0 aliphatic carbocycles. The van der Waals surface area contributed by atoms with Crippen molar-refractivity contribution >= 4 is 39.3 Å². The van der Waals surface area contributed by atoms with E-state index in [1.807, 2.05) is 18.2 Å². The Morgan fingerprint density at radius 1 is 1.12 bits per heavy atom. The summed E-state index contributed by atoms with van der Waals surface area (Å²) in [6.45, 7) is 3.45. The molecule has 4 rings (SSSR count). The molecule has 166 valence electrons. The number of fused-ring (bicyclic) bond motifs is 3. The summed E-state index contributed by atoms with van der Waals surface area (Å²) in [5, 5.41) is 4.01. The SMILES string of the molecule is CCc1nc2c(N)nc3ccccc3c2n1CCCCNC(=O)c1ccc(N)c(OC)c1. The molecule has 0 saturated carbocycles. The molecule has 0 radical (unpaired) electrons. The molecule has 0 spiro atoms. The fourth-order valence-electron chi connectivity index (χ4n) is 3.97. The molecule has 0 unspecified atom stereocenters. The predicted octanol–water partition coefficient (Wildman–Crippen LogP) is 3.53. The van der Waals surface area contributed by atoms with Crippen molar-refractivity contribution in [3.05, 3.63) is 53.9 Å². The number of nitrogens with two attached hydrogens (primary N) is 2. The summed E-state index contributed by atoms with van der Waals surface area (Å²) in [4.78, 5) is 21.7. The molecule has 2 aromatic heterocycles. The number of methoxy groups -OCH3 is 1. The fourth-order valence-corrected chi connectivity index (χ4v) is 3.97. The number of imidazole rings is 1. The van der Waals surface area contributed by atoms with Gasteiger partial charge in [-0.15, -0.1) is 0 Å². The molecule has 32 heavy (non-hydrogen) atoms. The summed E-state index contributed by atoms with van der Waals surface area (Å²) in [7, 11) is 1.53. The van der Waals surface area contributed by atoms with E-state index in [1.54, 1.807) is 18.2 Å². The van der Waals surface area contributed by atoms with E-state index < -0.39 is 0 Å². The third-order valence-electron chi connectivity index (χ3n) is 5.60. The van der Waals surface area contributed by atoms with Crippen molar-refractivity contribution in [3.63, 3.8) is 0 Å². The number of nitrogen functional groups attached to an aromatic ring is 2. The molecular formula is C24H28N6O2. The van der Waals surface area contributed by atoms with E-state index in [9.17, 15) is 4.79 Å². The number of nitrogens with zero attached hydrogens (tertiary/aromatic N) is 3. The monoisotopic (exact) mass is 432 g/mol. The molecule has 0 atom stereocenters. The number of hydrogen-bond acceptors (Lipinski definition) is 6. The maximum absolute atomic E-state index is 12.4. The van der Waals surface area contributed by atoms with E-state index in [-0.39, 0.29) is 5.91 Å². The van der Waals surface area contributed by atoms with Gasteiger partial charge >= 0.3 is 0 Å². The number of para-hydroxylation sites is 1. The summed E-state index contributed by atoms with van der Waals surface area (Å²) in [5.74, 6) is 1.80. The van der Waals surface area contributed by atoms with Crippen LogP contribution in [0.1, 0.15) is 35.9 Å².